The Hall–Kier alpha value is -4.13. The number of hydrogen-bond acceptors (Lipinski definition) is 4. The highest BCUT2D eigenvalue weighted by molar-refractivity contribution is 5.97. The number of rotatable bonds is 7. The average molecular weight is 473 g/mol. The molecule has 3 aromatic rings. The Balaban J connectivity index is 1.34. The Kier molecular flexibility index (Phi) is 6.60. The first kappa shape index (κ1) is 24.0. The van der Waals surface area contributed by atoms with E-state index in [1.807, 2.05) is 24.3 Å². The van der Waals surface area contributed by atoms with Crippen molar-refractivity contribution in [2.45, 2.75) is 26.7 Å². The summed E-state index contributed by atoms with van der Waals surface area (Å²) in [6.07, 6.45) is -0.601. The molecule has 0 unspecified atom stereocenters. The standard InChI is InChI=1S/C28H28N2O5/c1-17-12-13-18(14-23(17)25(31)32)30-26(33)28(2,3)16-29-27(34)35-15-24-21-10-6-4-8-19(21)20-9-5-7-11-22(20)24/h4-14,24H,15-16H2,1-3H3,(H,29,34)(H,30,33)(H,31,32). The summed E-state index contributed by atoms with van der Waals surface area (Å²) in [5.41, 5.74) is 4.70. The zero-order valence-electron chi connectivity index (χ0n) is 19.9. The topological polar surface area (TPSA) is 105 Å². The van der Waals surface area contributed by atoms with Crippen LogP contribution in [0.5, 0.6) is 0 Å². The molecule has 180 valence electrons. The van der Waals surface area contributed by atoms with E-state index in [1.54, 1.807) is 32.9 Å². The van der Waals surface area contributed by atoms with Crippen molar-refractivity contribution in [2.24, 2.45) is 5.41 Å². The van der Waals surface area contributed by atoms with E-state index in [4.69, 9.17) is 4.74 Å². The first-order chi connectivity index (χ1) is 16.7. The Bertz CT molecular complexity index is 1250. The lowest BCUT2D eigenvalue weighted by molar-refractivity contribution is -0.123. The van der Waals surface area contributed by atoms with Crippen LogP contribution in [0.15, 0.2) is 66.7 Å². The molecule has 0 atom stereocenters. The molecule has 1 aliphatic rings. The fourth-order valence-corrected chi connectivity index (χ4v) is 4.25. The third kappa shape index (κ3) is 5.04. The molecular weight excluding hydrogens is 444 g/mol. The number of carbonyl (C=O) groups excluding carboxylic acids is 2. The van der Waals surface area contributed by atoms with Crippen LogP contribution < -0.4 is 10.6 Å². The molecule has 0 saturated heterocycles. The van der Waals surface area contributed by atoms with E-state index >= 15 is 0 Å². The van der Waals surface area contributed by atoms with Crippen LogP contribution in [0.1, 0.15) is 46.8 Å². The molecule has 0 bridgehead atoms. The van der Waals surface area contributed by atoms with E-state index in [0.717, 1.165) is 22.3 Å². The van der Waals surface area contributed by atoms with Crippen molar-refractivity contribution in [3.05, 3.63) is 89.0 Å². The van der Waals surface area contributed by atoms with Gasteiger partial charge in [0.15, 0.2) is 0 Å². The maximum absolute atomic E-state index is 12.8. The van der Waals surface area contributed by atoms with Crippen LogP contribution in [0.25, 0.3) is 11.1 Å². The SMILES string of the molecule is Cc1ccc(NC(=O)C(C)(C)CNC(=O)OCC2c3ccccc3-c3ccccc32)cc1C(=O)O. The molecule has 0 saturated carbocycles. The number of nitrogens with one attached hydrogen (secondary N) is 2. The molecule has 2 amide bonds. The van der Waals surface area contributed by atoms with Crippen LogP contribution in [-0.4, -0.2) is 36.2 Å². The molecule has 35 heavy (non-hydrogen) atoms. The van der Waals surface area contributed by atoms with Crippen molar-refractivity contribution in [3.8, 4) is 11.1 Å². The number of amides is 2. The highest BCUT2D eigenvalue weighted by atomic mass is 16.5. The number of benzene rings is 3. The van der Waals surface area contributed by atoms with E-state index in [-0.39, 0.29) is 30.5 Å². The average Bonchev–Trinajstić information content (AvgIpc) is 3.16. The molecule has 0 radical (unpaired) electrons. The monoisotopic (exact) mass is 472 g/mol. The van der Waals surface area contributed by atoms with Crippen LogP contribution in [0.3, 0.4) is 0 Å². The zero-order chi connectivity index (χ0) is 25.2. The molecule has 0 heterocycles. The van der Waals surface area contributed by atoms with Gasteiger partial charge in [-0.15, -0.1) is 0 Å². The second kappa shape index (κ2) is 9.62. The molecule has 0 fully saturated rings. The van der Waals surface area contributed by atoms with Crippen molar-refractivity contribution in [1.82, 2.24) is 5.32 Å². The maximum atomic E-state index is 12.8. The van der Waals surface area contributed by atoms with Gasteiger partial charge in [0.05, 0.1) is 11.0 Å². The van der Waals surface area contributed by atoms with Gasteiger partial charge in [-0.05, 0) is 60.7 Å². The minimum Gasteiger partial charge on any atom is -0.478 e. The smallest absolute Gasteiger partial charge is 0.407 e. The number of fused-ring (bicyclic) bond motifs is 3. The van der Waals surface area contributed by atoms with Gasteiger partial charge in [0.2, 0.25) is 5.91 Å². The Labute approximate surface area is 204 Å². The van der Waals surface area contributed by atoms with E-state index < -0.39 is 17.5 Å². The second-order valence-electron chi connectivity index (χ2n) is 9.35. The van der Waals surface area contributed by atoms with Crippen molar-refractivity contribution in [1.29, 1.82) is 0 Å². The maximum Gasteiger partial charge on any atom is 0.407 e. The van der Waals surface area contributed by atoms with Gasteiger partial charge in [-0.2, -0.15) is 0 Å². The highest BCUT2D eigenvalue weighted by Gasteiger charge is 2.31. The van der Waals surface area contributed by atoms with Gasteiger partial charge in [-0.3, -0.25) is 4.79 Å². The molecule has 3 aromatic carbocycles. The fourth-order valence-electron chi connectivity index (χ4n) is 4.25. The van der Waals surface area contributed by atoms with Gasteiger partial charge >= 0.3 is 12.1 Å². The summed E-state index contributed by atoms with van der Waals surface area (Å²) in [5, 5.41) is 14.7. The number of aromatic carboxylic acids is 1. The molecule has 0 aliphatic heterocycles. The molecule has 4 rings (SSSR count). The lowest BCUT2D eigenvalue weighted by Crippen LogP contribution is -2.42. The van der Waals surface area contributed by atoms with E-state index in [1.165, 1.54) is 6.07 Å². The van der Waals surface area contributed by atoms with Gasteiger partial charge in [0.1, 0.15) is 6.61 Å². The molecule has 7 heteroatoms. The Morgan fingerprint density at radius 2 is 1.54 bits per heavy atom. The Morgan fingerprint density at radius 3 is 2.14 bits per heavy atom. The number of alkyl carbamates (subject to hydrolysis) is 1. The number of carboxylic acid groups (broad SMARTS) is 1. The molecule has 0 aromatic heterocycles. The lowest BCUT2D eigenvalue weighted by atomic mass is 9.92. The number of ether oxygens (including phenoxy) is 1. The first-order valence-corrected chi connectivity index (χ1v) is 11.4. The highest BCUT2D eigenvalue weighted by Crippen LogP contribution is 2.44. The molecule has 1 aliphatic carbocycles. The van der Waals surface area contributed by atoms with Crippen LogP contribution >= 0.6 is 0 Å². The normalized spacial score (nSPS) is 12.4. The fraction of sp³-hybridized carbons (Fsp3) is 0.250. The molecule has 7 nitrogen and oxygen atoms in total. The summed E-state index contributed by atoms with van der Waals surface area (Å²) >= 11 is 0. The van der Waals surface area contributed by atoms with Crippen LogP contribution in [0.4, 0.5) is 10.5 Å². The van der Waals surface area contributed by atoms with Gasteiger partial charge in [-0.1, -0.05) is 54.6 Å². The first-order valence-electron chi connectivity index (χ1n) is 11.4. The number of aryl methyl sites for hydroxylation is 1. The number of carbonyl (C=O) groups is 3. The van der Waals surface area contributed by atoms with Crippen molar-refractivity contribution in [2.75, 3.05) is 18.5 Å². The van der Waals surface area contributed by atoms with Crippen LogP contribution in [-0.2, 0) is 9.53 Å². The Morgan fingerprint density at radius 1 is 0.943 bits per heavy atom. The van der Waals surface area contributed by atoms with Gasteiger partial charge in [0, 0.05) is 18.2 Å². The van der Waals surface area contributed by atoms with Crippen LogP contribution in [0.2, 0.25) is 0 Å². The summed E-state index contributed by atoms with van der Waals surface area (Å²) in [5.74, 6) is -1.46. The lowest BCUT2D eigenvalue weighted by Gasteiger charge is -2.24. The van der Waals surface area contributed by atoms with Crippen LogP contribution in [0, 0.1) is 12.3 Å². The van der Waals surface area contributed by atoms with Gasteiger partial charge in [0.25, 0.3) is 0 Å². The summed E-state index contributed by atoms with van der Waals surface area (Å²) in [4.78, 5) is 36.6. The molecular formula is C28H28N2O5. The summed E-state index contributed by atoms with van der Waals surface area (Å²) in [6.45, 7) is 5.31. The van der Waals surface area contributed by atoms with E-state index in [0.29, 0.717) is 11.3 Å². The summed E-state index contributed by atoms with van der Waals surface area (Å²) in [6, 6.07) is 20.9. The van der Waals surface area contributed by atoms with Crippen molar-refractivity contribution in [3.63, 3.8) is 0 Å². The summed E-state index contributed by atoms with van der Waals surface area (Å²) in [7, 11) is 0. The molecule has 0 spiro atoms. The largest absolute Gasteiger partial charge is 0.478 e. The third-order valence-corrected chi connectivity index (χ3v) is 6.36. The van der Waals surface area contributed by atoms with E-state index in [2.05, 4.69) is 34.9 Å². The third-order valence-electron chi connectivity index (χ3n) is 6.36. The predicted octanol–water partition coefficient (Wildman–Crippen LogP) is 5.20. The minimum atomic E-state index is -1.06. The minimum absolute atomic E-state index is 0.0468. The number of hydrogen-bond donors (Lipinski definition) is 3. The van der Waals surface area contributed by atoms with E-state index in [9.17, 15) is 19.5 Å². The number of carboxylic acids is 1. The molecule has 3 N–H and O–H groups in total. The number of anilines is 1. The van der Waals surface area contributed by atoms with Gasteiger partial charge < -0.3 is 20.5 Å². The zero-order valence-corrected chi connectivity index (χ0v) is 19.9. The second-order valence-corrected chi connectivity index (χ2v) is 9.35. The van der Waals surface area contributed by atoms with Crippen molar-refractivity contribution >= 4 is 23.7 Å². The van der Waals surface area contributed by atoms with Crippen molar-refractivity contribution < 1.29 is 24.2 Å². The quantitative estimate of drug-likeness (QED) is 0.439. The van der Waals surface area contributed by atoms with Gasteiger partial charge in [-0.25, -0.2) is 9.59 Å². The predicted molar refractivity (Wildman–Crippen MR) is 134 cm³/mol. The summed E-state index contributed by atoms with van der Waals surface area (Å²) < 4.78 is 5.54.